The summed E-state index contributed by atoms with van der Waals surface area (Å²) in [6.07, 6.45) is 3.85. The maximum Gasteiger partial charge on any atom is 0.165 e. The van der Waals surface area contributed by atoms with Crippen LogP contribution in [0.25, 0.3) is 0 Å². The van der Waals surface area contributed by atoms with Crippen molar-refractivity contribution in [2.24, 2.45) is 0 Å². The van der Waals surface area contributed by atoms with Crippen molar-refractivity contribution in [1.29, 1.82) is 0 Å². The molecule has 2 nitrogen and oxygen atoms in total. The van der Waals surface area contributed by atoms with Crippen LogP contribution in [0.3, 0.4) is 0 Å². The third-order valence-electron chi connectivity index (χ3n) is 3.31. The van der Waals surface area contributed by atoms with Crippen LogP contribution in [0.4, 0.5) is 11.4 Å². The number of allylic oxidation sites excluding steroid dienone is 1. The normalized spacial score (nSPS) is 11.2. The minimum Gasteiger partial charge on any atom is -0.301 e. The Labute approximate surface area is 138 Å². The van der Waals surface area contributed by atoms with Crippen molar-refractivity contribution in [3.63, 3.8) is 0 Å². The zero-order valence-corrected chi connectivity index (χ0v) is 14.3. The average molecular weight is 314 g/mol. The number of anilines is 2. The molecule has 3 heteroatoms. The van der Waals surface area contributed by atoms with E-state index in [1.54, 1.807) is 0 Å². The Bertz CT molecular complexity index is 633. The van der Waals surface area contributed by atoms with Gasteiger partial charge in [0.25, 0.3) is 0 Å². The molecule has 0 bridgehead atoms. The number of halogens is 1. The Morgan fingerprint density at radius 2 is 1.27 bits per heavy atom. The largest absolute Gasteiger partial charge is 0.301 e. The Kier molecular flexibility index (Phi) is 5.40. The molecular formula is C19H22ClN2+. The number of rotatable bonds is 4. The lowest BCUT2D eigenvalue weighted by atomic mass is 10.1. The van der Waals surface area contributed by atoms with E-state index in [4.69, 9.17) is 11.6 Å². The Balaban J connectivity index is 2.49. The lowest BCUT2D eigenvalue weighted by Gasteiger charge is -2.24. The number of nitrogens with zero attached hydrogens (tertiary/aromatic N) is 2. The summed E-state index contributed by atoms with van der Waals surface area (Å²) in [5, 5.41) is 0.654. The average Bonchev–Trinajstić information content (AvgIpc) is 2.49. The molecular weight excluding hydrogens is 292 g/mol. The summed E-state index contributed by atoms with van der Waals surface area (Å²) in [6.45, 7) is 4.16. The van der Waals surface area contributed by atoms with Crippen LogP contribution in [0.5, 0.6) is 0 Å². The first-order valence-corrected chi connectivity index (χ1v) is 7.66. The highest BCUT2D eigenvalue weighted by atomic mass is 35.5. The first-order valence-electron chi connectivity index (χ1n) is 7.28. The third kappa shape index (κ3) is 4.22. The number of hydrogen-bond acceptors (Lipinski definition) is 1. The van der Waals surface area contributed by atoms with Gasteiger partial charge in [0.05, 0.1) is 0 Å². The standard InChI is InChI=1S/C19H22ClN2/c1-15-5-9-17(10-6-15)22(19(20)13-14-21(3)4)18-11-7-16(2)8-12-18/h5-14H,1-4H3/q+1. The van der Waals surface area contributed by atoms with E-state index in [9.17, 15) is 0 Å². The molecule has 0 aromatic heterocycles. The second-order valence-corrected chi connectivity index (χ2v) is 6.00. The van der Waals surface area contributed by atoms with Crippen molar-refractivity contribution in [2.45, 2.75) is 13.8 Å². The van der Waals surface area contributed by atoms with Crippen LogP contribution in [0, 0.1) is 13.8 Å². The molecule has 2 aromatic rings. The second kappa shape index (κ2) is 7.28. The summed E-state index contributed by atoms with van der Waals surface area (Å²) in [5.74, 6) is 0. The second-order valence-electron chi connectivity index (χ2n) is 5.61. The summed E-state index contributed by atoms with van der Waals surface area (Å²) in [4.78, 5) is 2.04. The van der Waals surface area contributed by atoms with Crippen molar-refractivity contribution in [1.82, 2.24) is 0 Å². The molecule has 114 valence electrons. The van der Waals surface area contributed by atoms with Crippen LogP contribution in [0.1, 0.15) is 11.1 Å². The van der Waals surface area contributed by atoms with E-state index in [-0.39, 0.29) is 0 Å². The predicted molar refractivity (Wildman–Crippen MR) is 96.6 cm³/mol. The molecule has 0 unspecified atom stereocenters. The molecule has 0 heterocycles. The quantitative estimate of drug-likeness (QED) is 0.443. The predicted octanol–water partition coefficient (Wildman–Crippen LogP) is 4.86. The van der Waals surface area contributed by atoms with Gasteiger partial charge in [0, 0.05) is 17.5 Å². The number of benzene rings is 2. The van der Waals surface area contributed by atoms with Crippen molar-refractivity contribution in [2.75, 3.05) is 19.0 Å². The van der Waals surface area contributed by atoms with Gasteiger partial charge in [0.1, 0.15) is 19.3 Å². The van der Waals surface area contributed by atoms with Crippen molar-refractivity contribution in [3.05, 3.63) is 70.9 Å². The molecule has 0 aliphatic heterocycles. The van der Waals surface area contributed by atoms with Gasteiger partial charge in [-0.3, -0.25) is 0 Å². The molecule has 0 aliphatic rings. The zero-order valence-electron chi connectivity index (χ0n) is 13.5. The molecule has 2 aromatic carbocycles. The first-order chi connectivity index (χ1) is 10.5. The summed E-state index contributed by atoms with van der Waals surface area (Å²) in [5.41, 5.74) is 4.55. The van der Waals surface area contributed by atoms with Gasteiger partial charge in [-0.25, -0.2) is 4.58 Å². The van der Waals surface area contributed by atoms with Crippen LogP contribution in [-0.2, 0) is 0 Å². The highest BCUT2D eigenvalue weighted by Crippen LogP contribution is 2.31. The fraction of sp³-hybridized carbons (Fsp3) is 0.211. The minimum atomic E-state index is 0.654. The zero-order chi connectivity index (χ0) is 16.1. The molecule has 0 fully saturated rings. The molecule has 0 spiro atoms. The van der Waals surface area contributed by atoms with Gasteiger partial charge in [-0.2, -0.15) is 0 Å². The van der Waals surface area contributed by atoms with Gasteiger partial charge in [0.2, 0.25) is 0 Å². The molecule has 0 saturated carbocycles. The third-order valence-corrected chi connectivity index (χ3v) is 3.60. The van der Waals surface area contributed by atoms with Crippen LogP contribution in [0.2, 0.25) is 0 Å². The number of aryl methyl sites for hydroxylation is 2. The Hall–Kier alpha value is -2.06. The Morgan fingerprint density at radius 1 is 0.864 bits per heavy atom. The van der Waals surface area contributed by atoms with Crippen LogP contribution in [-0.4, -0.2) is 24.9 Å². The van der Waals surface area contributed by atoms with E-state index >= 15 is 0 Å². The number of hydrogen-bond donors (Lipinski definition) is 0. The summed E-state index contributed by atoms with van der Waals surface area (Å²) in [6, 6.07) is 16.7. The van der Waals surface area contributed by atoms with Gasteiger partial charge >= 0.3 is 0 Å². The van der Waals surface area contributed by atoms with Crippen LogP contribution < -0.4 is 4.90 Å². The molecule has 0 N–H and O–H groups in total. The van der Waals surface area contributed by atoms with E-state index in [1.807, 2.05) is 35.9 Å². The van der Waals surface area contributed by atoms with Crippen LogP contribution >= 0.6 is 11.6 Å². The van der Waals surface area contributed by atoms with Gasteiger partial charge in [-0.15, -0.1) is 0 Å². The molecule has 0 atom stereocenters. The van der Waals surface area contributed by atoms with Gasteiger partial charge in [-0.1, -0.05) is 47.0 Å². The molecule has 0 radical (unpaired) electrons. The lowest BCUT2D eigenvalue weighted by Crippen LogP contribution is -2.13. The fourth-order valence-corrected chi connectivity index (χ4v) is 2.32. The van der Waals surface area contributed by atoms with Crippen molar-refractivity contribution < 1.29 is 4.58 Å². The molecule has 0 amide bonds. The van der Waals surface area contributed by atoms with Gasteiger partial charge < -0.3 is 4.90 Å². The molecule has 0 saturated heterocycles. The van der Waals surface area contributed by atoms with E-state index in [1.165, 1.54) is 11.1 Å². The molecule has 2 rings (SSSR count). The van der Waals surface area contributed by atoms with E-state index in [0.717, 1.165) is 11.4 Å². The molecule has 0 aliphatic carbocycles. The minimum absolute atomic E-state index is 0.654. The van der Waals surface area contributed by atoms with Gasteiger partial charge in [-0.05, 0) is 38.1 Å². The van der Waals surface area contributed by atoms with Crippen molar-refractivity contribution >= 4 is 29.2 Å². The first kappa shape index (κ1) is 16.3. The Morgan fingerprint density at radius 3 is 1.64 bits per heavy atom. The van der Waals surface area contributed by atoms with Crippen LogP contribution in [0.15, 0.2) is 59.8 Å². The molecule has 22 heavy (non-hydrogen) atoms. The highest BCUT2D eigenvalue weighted by Gasteiger charge is 2.13. The smallest absolute Gasteiger partial charge is 0.165 e. The summed E-state index contributed by atoms with van der Waals surface area (Å²) in [7, 11) is 3.95. The fourth-order valence-electron chi connectivity index (χ4n) is 2.07. The van der Waals surface area contributed by atoms with Crippen molar-refractivity contribution in [3.8, 4) is 0 Å². The SMILES string of the molecule is Cc1ccc(N(/C(Cl)=C/C=[N+](C)C)c2ccc(C)cc2)cc1. The summed E-state index contributed by atoms with van der Waals surface area (Å²) < 4.78 is 1.96. The monoisotopic (exact) mass is 313 g/mol. The summed E-state index contributed by atoms with van der Waals surface area (Å²) >= 11 is 6.57. The van der Waals surface area contributed by atoms with Gasteiger partial charge in [0.15, 0.2) is 6.21 Å². The topological polar surface area (TPSA) is 6.25 Å². The lowest BCUT2D eigenvalue weighted by molar-refractivity contribution is -0.458. The van der Waals surface area contributed by atoms with E-state index in [0.29, 0.717) is 5.16 Å². The maximum absolute atomic E-state index is 6.57. The highest BCUT2D eigenvalue weighted by molar-refractivity contribution is 6.32. The van der Waals surface area contributed by atoms with E-state index < -0.39 is 0 Å². The maximum atomic E-state index is 6.57. The van der Waals surface area contributed by atoms with E-state index in [2.05, 4.69) is 62.4 Å².